The SMILES string of the molecule is CC/C=C\C/C=C\C/C=C\C/C=C\C/C=C\C/C=C\C/C=C\CCCCCCCC(=O)OCC(COC(=O)CCCCCCCCCCC)OC(=O)CCCCCCCCCCCCCCC/C=C\CCCCCCCCCC. The fourth-order valence-electron chi connectivity index (χ4n) is 9.54. The van der Waals surface area contributed by atoms with E-state index in [0.29, 0.717) is 19.3 Å². The average molecular weight is 1100 g/mol. The van der Waals surface area contributed by atoms with E-state index in [1.54, 1.807) is 0 Å². The van der Waals surface area contributed by atoms with E-state index < -0.39 is 6.10 Å². The van der Waals surface area contributed by atoms with Gasteiger partial charge in [0, 0.05) is 19.3 Å². The van der Waals surface area contributed by atoms with Crippen molar-refractivity contribution in [1.29, 1.82) is 0 Å². The Bertz CT molecular complexity index is 1540. The van der Waals surface area contributed by atoms with Gasteiger partial charge in [0.05, 0.1) is 0 Å². The predicted molar refractivity (Wildman–Crippen MR) is 344 cm³/mol. The highest BCUT2D eigenvalue weighted by Gasteiger charge is 2.19. The second-order valence-corrected chi connectivity index (χ2v) is 22.4. The van der Waals surface area contributed by atoms with E-state index in [-0.39, 0.29) is 31.1 Å². The number of hydrogen-bond acceptors (Lipinski definition) is 6. The number of allylic oxidation sites excluding steroid dienone is 16. The second kappa shape index (κ2) is 66.8. The molecule has 1 atom stereocenters. The van der Waals surface area contributed by atoms with Crippen molar-refractivity contribution in [3.05, 3.63) is 97.2 Å². The summed E-state index contributed by atoms with van der Waals surface area (Å²) in [6.45, 7) is 6.52. The van der Waals surface area contributed by atoms with Crippen molar-refractivity contribution in [2.45, 2.75) is 335 Å². The standard InChI is InChI=1S/C73H126O6/c1-4-7-10-13-16-19-21-23-25-27-29-31-33-35-36-38-39-41-43-45-47-49-51-54-57-60-63-66-72(75)78-69-70(68-77-71(74)65-62-59-56-53-18-15-12-9-6-3)79-73(76)67-64-61-58-55-52-50-48-46-44-42-40-37-34-32-30-28-26-24-22-20-17-14-11-8-5-2/h7,10,16,19,23,25,28-31,35-36,39,41,45,47,70H,4-6,8-9,11-15,17-18,20-22,24,26-27,32-34,37-38,40,42-44,46,48-69H2,1-3H3/b10-7-,19-16-,25-23-,30-28-,31-29-,36-35-,41-39-,47-45-. The van der Waals surface area contributed by atoms with E-state index in [1.165, 1.54) is 167 Å². The van der Waals surface area contributed by atoms with E-state index in [0.717, 1.165) is 122 Å². The van der Waals surface area contributed by atoms with E-state index in [2.05, 4.69) is 118 Å². The van der Waals surface area contributed by atoms with Crippen LogP contribution in [0.5, 0.6) is 0 Å². The quantitative estimate of drug-likeness (QED) is 0.0261. The van der Waals surface area contributed by atoms with Crippen molar-refractivity contribution in [1.82, 2.24) is 0 Å². The Balaban J connectivity index is 4.24. The van der Waals surface area contributed by atoms with Crippen LogP contribution in [-0.4, -0.2) is 37.2 Å². The van der Waals surface area contributed by atoms with Crippen molar-refractivity contribution >= 4 is 17.9 Å². The van der Waals surface area contributed by atoms with Crippen LogP contribution in [0.15, 0.2) is 97.2 Å². The van der Waals surface area contributed by atoms with E-state index in [9.17, 15) is 14.4 Å². The minimum Gasteiger partial charge on any atom is -0.462 e. The maximum absolute atomic E-state index is 12.9. The fraction of sp³-hybridized carbons (Fsp3) is 0.740. The summed E-state index contributed by atoms with van der Waals surface area (Å²) in [5, 5.41) is 0. The molecule has 79 heavy (non-hydrogen) atoms. The molecule has 0 aliphatic rings. The Kier molecular flexibility index (Phi) is 63.7. The molecule has 0 saturated carbocycles. The van der Waals surface area contributed by atoms with Gasteiger partial charge in [-0.1, -0.05) is 304 Å². The molecule has 0 amide bonds. The molecule has 0 spiro atoms. The highest BCUT2D eigenvalue weighted by molar-refractivity contribution is 5.71. The van der Waals surface area contributed by atoms with Crippen LogP contribution in [0.1, 0.15) is 329 Å². The lowest BCUT2D eigenvalue weighted by atomic mass is 10.0. The third-order valence-corrected chi connectivity index (χ3v) is 14.6. The Morgan fingerprint density at radius 1 is 0.266 bits per heavy atom. The molecule has 0 rings (SSSR count). The molecule has 6 nitrogen and oxygen atoms in total. The molecule has 0 aliphatic heterocycles. The molecule has 0 saturated heterocycles. The van der Waals surface area contributed by atoms with Gasteiger partial charge in [0.1, 0.15) is 13.2 Å². The summed E-state index contributed by atoms with van der Waals surface area (Å²) in [7, 11) is 0. The molecule has 0 aromatic carbocycles. The molecule has 454 valence electrons. The van der Waals surface area contributed by atoms with Crippen molar-refractivity contribution < 1.29 is 28.6 Å². The lowest BCUT2D eigenvalue weighted by Gasteiger charge is -2.18. The Morgan fingerprint density at radius 2 is 0.494 bits per heavy atom. The number of carbonyl (C=O) groups excluding carboxylic acids is 3. The van der Waals surface area contributed by atoms with Gasteiger partial charge in [-0.15, -0.1) is 0 Å². The molecule has 0 aliphatic carbocycles. The van der Waals surface area contributed by atoms with E-state index in [4.69, 9.17) is 14.2 Å². The van der Waals surface area contributed by atoms with Crippen molar-refractivity contribution in [3.63, 3.8) is 0 Å². The zero-order valence-electron chi connectivity index (χ0n) is 52.1. The molecular formula is C73H126O6. The molecule has 0 fully saturated rings. The summed E-state index contributed by atoms with van der Waals surface area (Å²) in [6.07, 6.45) is 90.1. The van der Waals surface area contributed by atoms with Crippen molar-refractivity contribution in [2.75, 3.05) is 13.2 Å². The minimum atomic E-state index is -0.785. The Morgan fingerprint density at radius 3 is 0.785 bits per heavy atom. The molecular weight excluding hydrogens is 973 g/mol. The summed E-state index contributed by atoms with van der Waals surface area (Å²) in [5.74, 6) is -0.892. The second-order valence-electron chi connectivity index (χ2n) is 22.4. The normalized spacial score (nSPS) is 12.7. The van der Waals surface area contributed by atoms with Gasteiger partial charge in [-0.25, -0.2) is 0 Å². The molecule has 0 heterocycles. The first kappa shape index (κ1) is 75.3. The maximum atomic E-state index is 12.9. The number of ether oxygens (including phenoxy) is 3. The number of carbonyl (C=O) groups is 3. The third kappa shape index (κ3) is 65.0. The Hall–Kier alpha value is -3.67. The first-order valence-electron chi connectivity index (χ1n) is 33.7. The molecule has 0 bridgehead atoms. The lowest BCUT2D eigenvalue weighted by molar-refractivity contribution is -0.167. The average Bonchev–Trinajstić information content (AvgIpc) is 3.45. The summed E-state index contributed by atoms with van der Waals surface area (Å²) in [4.78, 5) is 38.2. The summed E-state index contributed by atoms with van der Waals surface area (Å²) >= 11 is 0. The summed E-state index contributed by atoms with van der Waals surface area (Å²) in [5.41, 5.74) is 0. The van der Waals surface area contributed by atoms with E-state index >= 15 is 0 Å². The highest BCUT2D eigenvalue weighted by Crippen LogP contribution is 2.17. The van der Waals surface area contributed by atoms with Gasteiger partial charge in [0.2, 0.25) is 0 Å². The highest BCUT2D eigenvalue weighted by atomic mass is 16.6. The minimum absolute atomic E-state index is 0.0812. The lowest BCUT2D eigenvalue weighted by Crippen LogP contribution is -2.30. The zero-order chi connectivity index (χ0) is 57.1. The first-order chi connectivity index (χ1) is 39.0. The number of hydrogen-bond donors (Lipinski definition) is 0. The zero-order valence-corrected chi connectivity index (χ0v) is 52.1. The van der Waals surface area contributed by atoms with Crippen molar-refractivity contribution in [2.24, 2.45) is 0 Å². The van der Waals surface area contributed by atoms with Gasteiger partial charge in [-0.2, -0.15) is 0 Å². The van der Waals surface area contributed by atoms with Crippen LogP contribution in [0.4, 0.5) is 0 Å². The third-order valence-electron chi connectivity index (χ3n) is 14.6. The molecule has 6 heteroatoms. The van der Waals surface area contributed by atoms with Crippen LogP contribution in [0.2, 0.25) is 0 Å². The summed E-state index contributed by atoms with van der Waals surface area (Å²) < 4.78 is 16.9. The molecule has 1 unspecified atom stereocenters. The molecule has 0 radical (unpaired) electrons. The fourth-order valence-corrected chi connectivity index (χ4v) is 9.54. The van der Waals surface area contributed by atoms with Crippen LogP contribution in [0.3, 0.4) is 0 Å². The number of rotatable bonds is 61. The number of unbranched alkanes of at least 4 members (excludes halogenated alkanes) is 34. The first-order valence-corrected chi connectivity index (χ1v) is 33.7. The van der Waals surface area contributed by atoms with Gasteiger partial charge in [0.15, 0.2) is 6.10 Å². The molecule has 0 aromatic heterocycles. The molecule has 0 aromatic rings. The van der Waals surface area contributed by atoms with Gasteiger partial charge in [-0.05, 0) is 103 Å². The van der Waals surface area contributed by atoms with Gasteiger partial charge < -0.3 is 14.2 Å². The van der Waals surface area contributed by atoms with Crippen LogP contribution >= 0.6 is 0 Å². The van der Waals surface area contributed by atoms with Crippen molar-refractivity contribution in [3.8, 4) is 0 Å². The van der Waals surface area contributed by atoms with Crippen LogP contribution < -0.4 is 0 Å². The molecule has 0 N–H and O–H groups in total. The number of esters is 3. The largest absolute Gasteiger partial charge is 0.462 e. The topological polar surface area (TPSA) is 78.9 Å². The Labute approximate surface area is 489 Å². The smallest absolute Gasteiger partial charge is 0.306 e. The van der Waals surface area contributed by atoms with Crippen LogP contribution in [0.25, 0.3) is 0 Å². The van der Waals surface area contributed by atoms with Gasteiger partial charge in [0.25, 0.3) is 0 Å². The monoisotopic (exact) mass is 1100 g/mol. The maximum Gasteiger partial charge on any atom is 0.306 e. The summed E-state index contributed by atoms with van der Waals surface area (Å²) in [6, 6.07) is 0. The van der Waals surface area contributed by atoms with Crippen LogP contribution in [0, 0.1) is 0 Å². The van der Waals surface area contributed by atoms with Gasteiger partial charge in [-0.3, -0.25) is 14.4 Å². The van der Waals surface area contributed by atoms with E-state index in [1.807, 2.05) is 0 Å². The van der Waals surface area contributed by atoms with Gasteiger partial charge >= 0.3 is 17.9 Å². The predicted octanol–water partition coefficient (Wildman–Crippen LogP) is 23.2. The van der Waals surface area contributed by atoms with Crippen LogP contribution in [-0.2, 0) is 28.6 Å².